The summed E-state index contributed by atoms with van der Waals surface area (Å²) in [4.78, 5) is 11.5. The van der Waals surface area contributed by atoms with Crippen LogP contribution < -0.4 is 4.72 Å². The first-order valence-electron chi connectivity index (χ1n) is 4.52. The highest BCUT2D eigenvalue weighted by Crippen LogP contribution is 2.16. The second-order valence-electron chi connectivity index (χ2n) is 3.13. The topological polar surface area (TPSA) is 90.3 Å². The third-order valence-corrected chi connectivity index (χ3v) is 2.29. The van der Waals surface area contributed by atoms with Crippen molar-refractivity contribution in [3.05, 3.63) is 11.9 Å². The van der Waals surface area contributed by atoms with Crippen molar-refractivity contribution in [2.45, 2.75) is 6.92 Å². The minimum atomic E-state index is -3.45. The number of esters is 1. The van der Waals surface area contributed by atoms with E-state index < -0.39 is 16.0 Å². The van der Waals surface area contributed by atoms with Crippen LogP contribution in [0.25, 0.3) is 0 Å². The van der Waals surface area contributed by atoms with E-state index in [1.165, 1.54) is 17.9 Å². The number of nitrogens with zero attached hydrogens (tertiary/aromatic N) is 2. The van der Waals surface area contributed by atoms with Gasteiger partial charge in [-0.05, 0) is 6.92 Å². The lowest BCUT2D eigenvalue weighted by atomic mass is 10.4. The molecule has 0 aromatic carbocycles. The summed E-state index contributed by atoms with van der Waals surface area (Å²) < 4.78 is 30.3. The van der Waals surface area contributed by atoms with E-state index in [2.05, 4.69) is 9.82 Å². The van der Waals surface area contributed by atoms with Crippen LogP contribution in [0.3, 0.4) is 0 Å². The highest BCUT2D eigenvalue weighted by Gasteiger charge is 2.19. The summed E-state index contributed by atoms with van der Waals surface area (Å²) in [6, 6.07) is 0. The fourth-order valence-electron chi connectivity index (χ4n) is 1.15. The van der Waals surface area contributed by atoms with Crippen LogP contribution in [0, 0.1) is 0 Å². The van der Waals surface area contributed by atoms with Crippen LogP contribution in [-0.4, -0.2) is 37.0 Å². The van der Waals surface area contributed by atoms with Crippen molar-refractivity contribution in [2.24, 2.45) is 7.05 Å². The normalized spacial score (nSPS) is 11.2. The van der Waals surface area contributed by atoms with E-state index in [-0.39, 0.29) is 18.0 Å². The summed E-state index contributed by atoms with van der Waals surface area (Å²) in [6.45, 7) is 1.88. The smallest absolute Gasteiger partial charge is 0.358 e. The highest BCUT2D eigenvalue weighted by atomic mass is 32.2. The summed E-state index contributed by atoms with van der Waals surface area (Å²) in [5, 5.41) is 3.79. The summed E-state index contributed by atoms with van der Waals surface area (Å²) in [6.07, 6.45) is 2.25. The monoisotopic (exact) mass is 247 g/mol. The first-order valence-corrected chi connectivity index (χ1v) is 6.41. The molecule has 0 radical (unpaired) electrons. The van der Waals surface area contributed by atoms with E-state index in [1.54, 1.807) is 6.92 Å². The first-order chi connectivity index (χ1) is 7.35. The highest BCUT2D eigenvalue weighted by molar-refractivity contribution is 7.92. The molecule has 0 aliphatic heterocycles. The Morgan fingerprint density at radius 2 is 2.25 bits per heavy atom. The molecular formula is C8H13N3O4S. The lowest BCUT2D eigenvalue weighted by Gasteiger charge is -2.06. The van der Waals surface area contributed by atoms with E-state index in [9.17, 15) is 13.2 Å². The molecule has 0 saturated heterocycles. The van der Waals surface area contributed by atoms with Gasteiger partial charge in [0.15, 0.2) is 5.69 Å². The number of hydrogen-bond donors (Lipinski definition) is 1. The number of nitrogens with one attached hydrogen (secondary N) is 1. The molecule has 1 aromatic heterocycles. The number of carbonyl (C=O) groups is 1. The van der Waals surface area contributed by atoms with Gasteiger partial charge < -0.3 is 4.74 Å². The minimum absolute atomic E-state index is 0.0762. The van der Waals surface area contributed by atoms with E-state index in [0.717, 1.165) is 6.26 Å². The number of carbonyl (C=O) groups excluding carboxylic acids is 1. The molecule has 0 bridgehead atoms. The van der Waals surface area contributed by atoms with Gasteiger partial charge in [-0.25, -0.2) is 13.2 Å². The van der Waals surface area contributed by atoms with Crippen LogP contribution in [0.2, 0.25) is 0 Å². The van der Waals surface area contributed by atoms with Gasteiger partial charge in [-0.3, -0.25) is 9.40 Å². The molecule has 0 fully saturated rings. The van der Waals surface area contributed by atoms with Crippen LogP contribution >= 0.6 is 0 Å². The molecule has 1 rings (SSSR count). The molecule has 0 aliphatic carbocycles. The van der Waals surface area contributed by atoms with Gasteiger partial charge in [0.25, 0.3) is 0 Å². The zero-order valence-electron chi connectivity index (χ0n) is 9.22. The van der Waals surface area contributed by atoms with Crippen LogP contribution in [0.1, 0.15) is 17.4 Å². The second kappa shape index (κ2) is 4.52. The number of ether oxygens (including phenoxy) is 1. The maximum Gasteiger partial charge on any atom is 0.358 e. The van der Waals surface area contributed by atoms with Crippen LogP contribution in [0.4, 0.5) is 5.69 Å². The molecule has 1 aromatic rings. The Bertz CT molecular complexity index is 491. The standard InChI is InChI=1S/C8H13N3O4S/c1-4-15-8(12)7-6(5-9-11(7)2)10-16(3,13)14/h5,10H,4H2,1-3H3. The third kappa shape index (κ3) is 2.96. The summed E-state index contributed by atoms with van der Waals surface area (Å²) in [5.41, 5.74) is 0.190. The second-order valence-corrected chi connectivity index (χ2v) is 4.87. The largest absolute Gasteiger partial charge is 0.461 e. The van der Waals surface area contributed by atoms with Crippen molar-refractivity contribution in [1.82, 2.24) is 9.78 Å². The van der Waals surface area contributed by atoms with E-state index in [1.807, 2.05) is 0 Å². The number of aryl methyl sites for hydroxylation is 1. The Kier molecular flexibility index (Phi) is 3.53. The van der Waals surface area contributed by atoms with Gasteiger partial charge in [0.2, 0.25) is 10.0 Å². The fourth-order valence-corrected chi connectivity index (χ4v) is 1.70. The Balaban J connectivity index is 3.08. The zero-order valence-corrected chi connectivity index (χ0v) is 10.0. The number of anilines is 1. The SMILES string of the molecule is CCOC(=O)c1c(NS(C)(=O)=O)cnn1C. The number of hydrogen-bond acceptors (Lipinski definition) is 5. The molecule has 16 heavy (non-hydrogen) atoms. The molecular weight excluding hydrogens is 234 g/mol. The lowest BCUT2D eigenvalue weighted by Crippen LogP contribution is -2.16. The van der Waals surface area contributed by atoms with Gasteiger partial charge in [-0.2, -0.15) is 5.10 Å². The molecule has 0 aliphatic rings. The van der Waals surface area contributed by atoms with Crippen molar-refractivity contribution < 1.29 is 17.9 Å². The molecule has 8 heteroatoms. The Hall–Kier alpha value is -1.57. The van der Waals surface area contributed by atoms with Crippen molar-refractivity contribution >= 4 is 21.7 Å². The maximum absolute atomic E-state index is 11.5. The maximum atomic E-state index is 11.5. The van der Waals surface area contributed by atoms with E-state index in [4.69, 9.17) is 4.74 Å². The van der Waals surface area contributed by atoms with Gasteiger partial charge in [-0.15, -0.1) is 0 Å². The Morgan fingerprint density at radius 1 is 1.62 bits per heavy atom. The van der Waals surface area contributed by atoms with Crippen molar-refractivity contribution in [3.63, 3.8) is 0 Å². The van der Waals surface area contributed by atoms with Crippen molar-refractivity contribution in [2.75, 3.05) is 17.6 Å². The van der Waals surface area contributed by atoms with Crippen molar-refractivity contribution in [3.8, 4) is 0 Å². The molecule has 0 saturated carbocycles. The summed E-state index contributed by atoms with van der Waals surface area (Å²) in [5.74, 6) is -0.617. The van der Waals surface area contributed by atoms with Gasteiger partial charge in [0.1, 0.15) is 5.69 Å². The van der Waals surface area contributed by atoms with Gasteiger partial charge >= 0.3 is 5.97 Å². The third-order valence-electron chi connectivity index (χ3n) is 1.70. The average Bonchev–Trinajstić information content (AvgIpc) is 2.44. The quantitative estimate of drug-likeness (QED) is 0.754. The first kappa shape index (κ1) is 12.5. The molecule has 1 N–H and O–H groups in total. The molecule has 0 atom stereocenters. The lowest BCUT2D eigenvalue weighted by molar-refractivity contribution is 0.0515. The van der Waals surface area contributed by atoms with Crippen LogP contribution in [0.5, 0.6) is 0 Å². The number of aromatic nitrogens is 2. The summed E-state index contributed by atoms with van der Waals surface area (Å²) >= 11 is 0. The minimum Gasteiger partial charge on any atom is -0.461 e. The number of sulfonamides is 1. The van der Waals surface area contributed by atoms with E-state index in [0.29, 0.717) is 0 Å². The number of rotatable bonds is 4. The predicted molar refractivity (Wildman–Crippen MR) is 57.6 cm³/mol. The molecule has 0 spiro atoms. The molecule has 0 amide bonds. The molecule has 1 heterocycles. The summed E-state index contributed by atoms with van der Waals surface area (Å²) in [7, 11) is -1.92. The van der Waals surface area contributed by atoms with Gasteiger partial charge in [0, 0.05) is 7.05 Å². The zero-order chi connectivity index (χ0) is 12.3. The molecule has 7 nitrogen and oxygen atoms in total. The van der Waals surface area contributed by atoms with Crippen LogP contribution in [-0.2, 0) is 21.8 Å². The molecule has 90 valence electrons. The van der Waals surface area contributed by atoms with Gasteiger partial charge in [0.05, 0.1) is 19.1 Å². The van der Waals surface area contributed by atoms with Crippen LogP contribution in [0.15, 0.2) is 6.20 Å². The average molecular weight is 247 g/mol. The fraction of sp³-hybridized carbons (Fsp3) is 0.500. The van der Waals surface area contributed by atoms with E-state index >= 15 is 0 Å². The van der Waals surface area contributed by atoms with Gasteiger partial charge in [-0.1, -0.05) is 0 Å². The van der Waals surface area contributed by atoms with Crippen molar-refractivity contribution in [1.29, 1.82) is 0 Å². The predicted octanol–water partition coefficient (Wildman–Crippen LogP) is -0.0317. The Labute approximate surface area is 93.4 Å². The Morgan fingerprint density at radius 3 is 2.75 bits per heavy atom. The molecule has 0 unspecified atom stereocenters.